The van der Waals surface area contributed by atoms with Crippen molar-refractivity contribution in [2.24, 2.45) is 0 Å². The minimum absolute atomic E-state index is 0.0119. The van der Waals surface area contributed by atoms with E-state index >= 15 is 4.79 Å². The lowest BCUT2D eigenvalue weighted by atomic mass is 9.78. The minimum Gasteiger partial charge on any atom is -0.497 e. The molecule has 12 heteroatoms. The van der Waals surface area contributed by atoms with Crippen LogP contribution in [0.4, 0.5) is 5.69 Å². The van der Waals surface area contributed by atoms with E-state index in [4.69, 9.17) is 25.8 Å². The molecular formula is C32H36ClN3O7S. The van der Waals surface area contributed by atoms with Crippen LogP contribution in [0.1, 0.15) is 36.0 Å². The highest BCUT2D eigenvalue weighted by molar-refractivity contribution is 7.93. The van der Waals surface area contributed by atoms with Gasteiger partial charge in [0.05, 0.1) is 33.1 Å². The molecule has 1 fully saturated rings. The van der Waals surface area contributed by atoms with Crippen molar-refractivity contribution in [3.05, 3.63) is 76.3 Å². The third-order valence-electron chi connectivity index (χ3n) is 8.42. The summed E-state index contributed by atoms with van der Waals surface area (Å²) in [6, 6.07) is 13.8. The normalized spacial score (nSPS) is 20.3. The number of carbonyl (C=O) groups excluding carboxylic acids is 2. The number of piperidine rings is 1. The second-order valence-corrected chi connectivity index (χ2v) is 13.2. The van der Waals surface area contributed by atoms with Crippen LogP contribution in [0.5, 0.6) is 17.2 Å². The van der Waals surface area contributed by atoms with Gasteiger partial charge in [0, 0.05) is 42.9 Å². The van der Waals surface area contributed by atoms with E-state index in [0.717, 1.165) is 10.7 Å². The molecule has 2 unspecified atom stereocenters. The Balaban J connectivity index is 1.89. The van der Waals surface area contributed by atoms with Crippen molar-refractivity contribution < 1.29 is 32.2 Å². The number of fused-ring (bicyclic) bond motifs is 1. The van der Waals surface area contributed by atoms with Crippen LogP contribution in [0.3, 0.4) is 0 Å². The van der Waals surface area contributed by atoms with Crippen LogP contribution in [0.15, 0.2) is 59.5 Å². The summed E-state index contributed by atoms with van der Waals surface area (Å²) in [6.45, 7) is 2.09. The summed E-state index contributed by atoms with van der Waals surface area (Å²) < 4.78 is 46.7. The summed E-state index contributed by atoms with van der Waals surface area (Å²) in [5, 5.41) is 0.351. The number of methoxy groups -OCH3 is 3. The number of likely N-dealkylation sites (N-methyl/N-ethyl adjacent to an activating group) is 1. The van der Waals surface area contributed by atoms with Gasteiger partial charge in [-0.3, -0.25) is 14.5 Å². The van der Waals surface area contributed by atoms with Crippen molar-refractivity contribution in [3.8, 4) is 17.2 Å². The number of rotatable bonds is 8. The molecule has 2 aliphatic rings. The third kappa shape index (κ3) is 4.78. The molecule has 2 atom stereocenters. The van der Waals surface area contributed by atoms with Crippen molar-refractivity contribution in [2.75, 3.05) is 46.3 Å². The molecule has 0 spiro atoms. The Morgan fingerprint density at radius 3 is 2.32 bits per heavy atom. The molecule has 0 bridgehead atoms. The van der Waals surface area contributed by atoms with E-state index in [1.165, 1.54) is 44.4 Å². The smallest absolute Gasteiger partial charge is 0.274 e. The van der Waals surface area contributed by atoms with Crippen LogP contribution in [0.2, 0.25) is 5.02 Å². The van der Waals surface area contributed by atoms with Gasteiger partial charge >= 0.3 is 0 Å². The van der Waals surface area contributed by atoms with Crippen LogP contribution in [-0.2, 0) is 25.2 Å². The summed E-state index contributed by atoms with van der Waals surface area (Å²) >= 11 is 6.74. The minimum atomic E-state index is -4.59. The van der Waals surface area contributed by atoms with Gasteiger partial charge in [0.1, 0.15) is 22.1 Å². The van der Waals surface area contributed by atoms with Crippen LogP contribution >= 0.6 is 11.6 Å². The van der Waals surface area contributed by atoms with Gasteiger partial charge in [-0.05, 0) is 55.7 Å². The quantitative estimate of drug-likeness (QED) is 0.352. The number of hydrogen-bond donors (Lipinski definition) is 0. The van der Waals surface area contributed by atoms with Crippen molar-refractivity contribution in [3.63, 3.8) is 0 Å². The maximum Gasteiger partial charge on any atom is 0.274 e. The molecule has 2 amide bonds. The summed E-state index contributed by atoms with van der Waals surface area (Å²) in [5.41, 5.74) is -0.301. The summed E-state index contributed by atoms with van der Waals surface area (Å²) in [4.78, 5) is 32.2. The van der Waals surface area contributed by atoms with Gasteiger partial charge in [0.2, 0.25) is 5.91 Å². The third-order valence-corrected chi connectivity index (χ3v) is 10.6. The number of amides is 2. The second kappa shape index (κ2) is 11.9. The summed E-state index contributed by atoms with van der Waals surface area (Å²) in [5.74, 6) is -0.192. The fourth-order valence-corrected chi connectivity index (χ4v) is 8.10. The molecule has 0 N–H and O–H groups in total. The van der Waals surface area contributed by atoms with Crippen LogP contribution in [0, 0.1) is 6.92 Å². The van der Waals surface area contributed by atoms with Crippen LogP contribution < -0.4 is 18.5 Å². The number of nitrogens with zero attached hydrogens (tertiary/aromatic N) is 3. The SMILES string of the molecule is COc1ccc(S(=O)(=O)N2C(=O)C(c3ccccc3OC)(N3CCCCC3C(=O)N(C)C)c3cc(Cl)c(C)cc32)c(OC)c1. The number of benzene rings is 3. The number of aryl methyl sites for hydroxylation is 1. The Bertz CT molecular complexity index is 1730. The monoisotopic (exact) mass is 641 g/mol. The molecule has 5 rings (SSSR count). The average Bonchev–Trinajstić information content (AvgIpc) is 3.27. The number of halogens is 1. The lowest BCUT2D eigenvalue weighted by Gasteiger charge is -2.47. The largest absolute Gasteiger partial charge is 0.497 e. The number of ether oxygens (including phenoxy) is 3. The maximum atomic E-state index is 15.4. The Hall–Kier alpha value is -3.80. The van der Waals surface area contributed by atoms with Crippen molar-refractivity contribution >= 4 is 39.1 Å². The predicted molar refractivity (Wildman–Crippen MR) is 167 cm³/mol. The number of anilines is 1. The van der Waals surface area contributed by atoms with E-state index in [9.17, 15) is 13.2 Å². The molecule has 2 aliphatic heterocycles. The highest BCUT2D eigenvalue weighted by Crippen LogP contribution is 2.55. The molecule has 0 aromatic heterocycles. The van der Waals surface area contributed by atoms with Gasteiger partial charge in [0.25, 0.3) is 15.9 Å². The molecule has 0 saturated carbocycles. The van der Waals surface area contributed by atoms with Crippen LogP contribution in [0.25, 0.3) is 0 Å². The first-order valence-electron chi connectivity index (χ1n) is 14.2. The van der Waals surface area contributed by atoms with Gasteiger partial charge < -0.3 is 19.1 Å². The van der Waals surface area contributed by atoms with Crippen LogP contribution in [-0.4, -0.2) is 78.0 Å². The first-order valence-corrected chi connectivity index (χ1v) is 16.0. The fourth-order valence-electron chi connectivity index (χ4n) is 6.34. The Kier molecular flexibility index (Phi) is 8.58. The van der Waals surface area contributed by atoms with Crippen molar-refractivity contribution in [1.82, 2.24) is 9.80 Å². The van der Waals surface area contributed by atoms with E-state index in [0.29, 0.717) is 52.6 Å². The summed E-state index contributed by atoms with van der Waals surface area (Å²) in [6.07, 6.45) is 1.94. The number of para-hydroxylation sites is 1. The van der Waals surface area contributed by atoms with Gasteiger partial charge in [-0.2, -0.15) is 0 Å². The molecule has 3 aromatic carbocycles. The van der Waals surface area contributed by atoms with E-state index < -0.39 is 27.5 Å². The molecule has 44 heavy (non-hydrogen) atoms. The van der Waals surface area contributed by atoms with E-state index in [1.54, 1.807) is 57.4 Å². The number of sulfonamides is 1. The second-order valence-electron chi connectivity index (χ2n) is 11.1. The molecule has 10 nitrogen and oxygen atoms in total. The van der Waals surface area contributed by atoms with Crippen molar-refractivity contribution in [1.29, 1.82) is 0 Å². The topological polar surface area (TPSA) is 106 Å². The first kappa shape index (κ1) is 31.6. The Labute approximate surface area is 263 Å². The molecular weight excluding hydrogens is 606 g/mol. The number of carbonyl (C=O) groups is 2. The average molecular weight is 642 g/mol. The zero-order valence-corrected chi connectivity index (χ0v) is 27.2. The molecule has 3 aromatic rings. The molecule has 1 saturated heterocycles. The van der Waals surface area contributed by atoms with Gasteiger partial charge in [0.15, 0.2) is 5.54 Å². The molecule has 2 heterocycles. The van der Waals surface area contributed by atoms with Gasteiger partial charge in [-0.25, -0.2) is 12.7 Å². The van der Waals surface area contributed by atoms with E-state index in [2.05, 4.69) is 0 Å². The lowest BCUT2D eigenvalue weighted by molar-refractivity contribution is -0.142. The zero-order chi connectivity index (χ0) is 32.0. The van der Waals surface area contributed by atoms with Gasteiger partial charge in [-0.15, -0.1) is 0 Å². The highest BCUT2D eigenvalue weighted by Gasteiger charge is 2.62. The maximum absolute atomic E-state index is 15.4. The highest BCUT2D eigenvalue weighted by atomic mass is 35.5. The Morgan fingerprint density at radius 1 is 0.955 bits per heavy atom. The van der Waals surface area contributed by atoms with E-state index in [1.807, 2.05) is 4.90 Å². The molecule has 0 aliphatic carbocycles. The summed E-state index contributed by atoms with van der Waals surface area (Å²) in [7, 11) is 3.04. The molecule has 234 valence electrons. The van der Waals surface area contributed by atoms with E-state index in [-0.39, 0.29) is 22.2 Å². The lowest BCUT2D eigenvalue weighted by Crippen LogP contribution is -2.62. The van der Waals surface area contributed by atoms with Gasteiger partial charge in [-0.1, -0.05) is 36.2 Å². The first-order chi connectivity index (χ1) is 20.9. The Morgan fingerprint density at radius 2 is 1.66 bits per heavy atom. The molecule has 0 radical (unpaired) electrons. The van der Waals surface area contributed by atoms with Crippen molar-refractivity contribution in [2.45, 2.75) is 42.7 Å². The standard InChI is InChI=1S/C32H36ClN3O7S/c1-20-17-26-23(19-24(20)33)32(22-11-7-8-13-27(22)42-5,35-16-10-9-12-25(35)30(37)34(2)3)31(38)36(26)44(39,40)29-15-14-21(41-4)18-28(29)43-6/h7-8,11,13-15,17-19,25H,9-10,12,16H2,1-6H3. The number of hydrogen-bond acceptors (Lipinski definition) is 8. The fraction of sp³-hybridized carbons (Fsp3) is 0.375. The predicted octanol–water partition coefficient (Wildman–Crippen LogP) is 4.60. The number of likely N-dealkylation sites (tertiary alicyclic amines) is 1. The zero-order valence-electron chi connectivity index (χ0n) is 25.6.